The molecule has 2 fully saturated rings. The third-order valence-corrected chi connectivity index (χ3v) is 11.5. The molecule has 13 heteroatoms. The molecule has 0 spiro atoms. The number of alkyl halides is 1. The summed E-state index contributed by atoms with van der Waals surface area (Å²) in [4.78, 5) is 29.8. The Hall–Kier alpha value is -3.03. The molecule has 2 amide bonds. The molecule has 3 aromatic rings. The van der Waals surface area contributed by atoms with E-state index in [4.69, 9.17) is 11.6 Å². The van der Waals surface area contributed by atoms with E-state index in [0.29, 0.717) is 38.4 Å². The van der Waals surface area contributed by atoms with Crippen molar-refractivity contribution in [3.05, 3.63) is 77.9 Å². The van der Waals surface area contributed by atoms with Gasteiger partial charge in [0.15, 0.2) is 0 Å². The van der Waals surface area contributed by atoms with E-state index in [2.05, 4.69) is 9.44 Å². The highest BCUT2D eigenvalue weighted by atomic mass is 35.5. The van der Waals surface area contributed by atoms with E-state index in [0.717, 1.165) is 21.9 Å². The van der Waals surface area contributed by atoms with Gasteiger partial charge in [-0.3, -0.25) is 9.59 Å². The van der Waals surface area contributed by atoms with Gasteiger partial charge in [-0.2, -0.15) is 4.72 Å². The van der Waals surface area contributed by atoms with Crippen molar-refractivity contribution in [1.29, 1.82) is 0 Å². The molecule has 0 saturated carbocycles. The second-order valence-electron chi connectivity index (χ2n) is 11.5. The average Bonchev–Trinajstić information content (AvgIpc) is 3.38. The molecular weight excluding hydrogens is 624 g/mol. The van der Waals surface area contributed by atoms with E-state index in [-0.39, 0.29) is 35.4 Å². The molecule has 2 aliphatic heterocycles. The SMILES string of the molecule is CC(C(=O)N1CCC(CNS(=O)(=O)Cc2ccccc2)CC1)N1CCC(NS(=O)(=O)c2ccc3cc(CCl)ccc3c2)C1=O. The van der Waals surface area contributed by atoms with E-state index < -0.39 is 38.0 Å². The van der Waals surface area contributed by atoms with Crippen LogP contribution in [0.4, 0.5) is 0 Å². The van der Waals surface area contributed by atoms with Crippen molar-refractivity contribution < 1.29 is 26.4 Å². The van der Waals surface area contributed by atoms with Gasteiger partial charge >= 0.3 is 0 Å². The molecule has 44 heavy (non-hydrogen) atoms. The summed E-state index contributed by atoms with van der Waals surface area (Å²) >= 11 is 5.90. The van der Waals surface area contributed by atoms with Crippen LogP contribution in [0.25, 0.3) is 10.8 Å². The van der Waals surface area contributed by atoms with Crippen molar-refractivity contribution in [2.24, 2.45) is 5.92 Å². The van der Waals surface area contributed by atoms with Crippen molar-refractivity contribution in [3.8, 4) is 0 Å². The zero-order chi connectivity index (χ0) is 31.5. The summed E-state index contributed by atoms with van der Waals surface area (Å²) in [5, 5.41) is 1.61. The number of amides is 2. The maximum Gasteiger partial charge on any atom is 0.245 e. The van der Waals surface area contributed by atoms with Crippen LogP contribution in [0, 0.1) is 5.92 Å². The Kier molecular flexibility index (Phi) is 9.96. The van der Waals surface area contributed by atoms with Gasteiger partial charge < -0.3 is 9.80 Å². The number of nitrogens with zero attached hydrogens (tertiary/aromatic N) is 2. The summed E-state index contributed by atoms with van der Waals surface area (Å²) in [7, 11) is -7.45. The fourth-order valence-corrected chi connectivity index (χ4v) is 8.47. The molecular formula is C31H37ClN4O6S2. The molecule has 2 unspecified atom stereocenters. The van der Waals surface area contributed by atoms with Crippen LogP contribution in [0.15, 0.2) is 71.6 Å². The lowest BCUT2D eigenvalue weighted by molar-refractivity contribution is -0.144. The number of fused-ring (bicyclic) bond motifs is 1. The van der Waals surface area contributed by atoms with Crippen LogP contribution in [0.5, 0.6) is 0 Å². The number of carbonyl (C=O) groups is 2. The molecule has 0 radical (unpaired) electrons. The number of benzene rings is 3. The molecule has 2 atom stereocenters. The van der Waals surface area contributed by atoms with Gasteiger partial charge in [-0.25, -0.2) is 21.6 Å². The van der Waals surface area contributed by atoms with Gasteiger partial charge in [-0.15, -0.1) is 11.6 Å². The quantitative estimate of drug-likeness (QED) is 0.304. The highest BCUT2D eigenvalue weighted by molar-refractivity contribution is 7.89. The number of piperidine rings is 1. The smallest absolute Gasteiger partial charge is 0.245 e. The molecule has 0 aliphatic carbocycles. The summed E-state index contributed by atoms with van der Waals surface area (Å²) in [6.07, 6.45) is 1.54. The first-order chi connectivity index (χ1) is 21.0. The molecule has 2 aliphatic rings. The third kappa shape index (κ3) is 7.60. The number of carbonyl (C=O) groups excluding carboxylic acids is 2. The molecule has 236 valence electrons. The van der Waals surface area contributed by atoms with Gasteiger partial charge in [-0.1, -0.05) is 48.5 Å². The van der Waals surface area contributed by atoms with Gasteiger partial charge in [0.25, 0.3) is 0 Å². The Bertz CT molecular complexity index is 1730. The van der Waals surface area contributed by atoms with Crippen LogP contribution in [-0.4, -0.2) is 76.7 Å². The predicted molar refractivity (Wildman–Crippen MR) is 170 cm³/mol. The topological polar surface area (TPSA) is 133 Å². The van der Waals surface area contributed by atoms with Crippen molar-refractivity contribution >= 4 is 54.2 Å². The zero-order valence-corrected chi connectivity index (χ0v) is 26.9. The van der Waals surface area contributed by atoms with E-state index in [1.165, 1.54) is 11.0 Å². The number of halogens is 1. The summed E-state index contributed by atoms with van der Waals surface area (Å²) < 4.78 is 56.6. The van der Waals surface area contributed by atoms with E-state index in [1.54, 1.807) is 48.2 Å². The Morgan fingerprint density at radius 3 is 2.30 bits per heavy atom. The fourth-order valence-electron chi connectivity index (χ4n) is 5.82. The number of likely N-dealkylation sites (tertiary alicyclic amines) is 2. The van der Waals surface area contributed by atoms with Crippen molar-refractivity contribution in [3.63, 3.8) is 0 Å². The lowest BCUT2D eigenvalue weighted by atomic mass is 9.96. The molecule has 0 aromatic heterocycles. The second-order valence-corrected chi connectivity index (χ2v) is 15.3. The van der Waals surface area contributed by atoms with Crippen LogP contribution in [-0.2, 0) is 41.3 Å². The van der Waals surface area contributed by atoms with Crippen LogP contribution in [0.3, 0.4) is 0 Å². The largest absolute Gasteiger partial charge is 0.341 e. The van der Waals surface area contributed by atoms with E-state index in [9.17, 15) is 26.4 Å². The third-order valence-electron chi connectivity index (χ3n) is 8.42. The second kappa shape index (κ2) is 13.5. The molecule has 0 bridgehead atoms. The van der Waals surface area contributed by atoms with Crippen LogP contribution in [0.2, 0.25) is 0 Å². The first kappa shape index (κ1) is 32.4. The van der Waals surface area contributed by atoms with E-state index >= 15 is 0 Å². The number of sulfonamides is 2. The minimum Gasteiger partial charge on any atom is -0.341 e. The van der Waals surface area contributed by atoms with Gasteiger partial charge in [-0.05, 0) is 72.2 Å². The monoisotopic (exact) mass is 660 g/mol. The number of hydrogen-bond acceptors (Lipinski definition) is 6. The number of rotatable bonds is 11. The van der Waals surface area contributed by atoms with Crippen LogP contribution >= 0.6 is 11.6 Å². The minimum atomic E-state index is -3.98. The Morgan fingerprint density at radius 1 is 0.909 bits per heavy atom. The molecule has 2 heterocycles. The maximum atomic E-state index is 13.3. The molecule has 10 nitrogen and oxygen atoms in total. The molecule has 3 aromatic carbocycles. The van der Waals surface area contributed by atoms with Crippen molar-refractivity contribution in [2.75, 3.05) is 26.2 Å². The average molecular weight is 661 g/mol. The van der Waals surface area contributed by atoms with Gasteiger partial charge in [0.2, 0.25) is 31.9 Å². The minimum absolute atomic E-state index is 0.0595. The molecule has 2 saturated heterocycles. The maximum absolute atomic E-state index is 13.3. The summed E-state index contributed by atoms with van der Waals surface area (Å²) in [6, 6.07) is 17.6. The van der Waals surface area contributed by atoms with Gasteiger partial charge in [0, 0.05) is 32.1 Å². The first-order valence-corrected chi connectivity index (χ1v) is 18.3. The van der Waals surface area contributed by atoms with Crippen molar-refractivity contribution in [2.45, 2.75) is 54.8 Å². The standard InChI is InChI=1S/C31H37ClN4O6S2/c1-22(30(37)35-14-11-23(12-15-35)20-33-43(39,40)21-24-5-3-2-4-6-24)36-16-13-29(31(36)38)34-44(41,42)28-10-9-26-17-25(19-32)7-8-27(26)18-28/h2-10,17-18,22-23,29,33-34H,11-16,19-21H2,1H3. The molecule has 2 N–H and O–H groups in total. The summed E-state index contributed by atoms with van der Waals surface area (Å²) in [5.41, 5.74) is 1.65. The van der Waals surface area contributed by atoms with Gasteiger partial charge in [0.05, 0.1) is 10.6 Å². The summed E-state index contributed by atoms with van der Waals surface area (Å²) in [6.45, 7) is 3.16. The lowest BCUT2D eigenvalue weighted by Crippen LogP contribution is -2.52. The number of nitrogens with one attached hydrogen (secondary N) is 2. The Morgan fingerprint density at radius 2 is 1.59 bits per heavy atom. The Labute approximate surface area is 263 Å². The first-order valence-electron chi connectivity index (χ1n) is 14.7. The normalized spacial score (nSPS) is 19.0. The summed E-state index contributed by atoms with van der Waals surface area (Å²) in [5.74, 6) is -0.247. The highest BCUT2D eigenvalue weighted by Gasteiger charge is 2.40. The number of hydrogen-bond donors (Lipinski definition) is 2. The van der Waals surface area contributed by atoms with E-state index in [1.807, 2.05) is 24.3 Å². The molecule has 5 rings (SSSR count). The highest BCUT2D eigenvalue weighted by Crippen LogP contribution is 2.24. The Balaban J connectivity index is 1.12. The van der Waals surface area contributed by atoms with Gasteiger partial charge in [0.1, 0.15) is 12.1 Å². The fraction of sp³-hybridized carbons (Fsp3) is 0.419. The zero-order valence-electron chi connectivity index (χ0n) is 24.5. The van der Waals surface area contributed by atoms with Crippen LogP contribution < -0.4 is 9.44 Å². The lowest BCUT2D eigenvalue weighted by Gasteiger charge is -2.35. The van der Waals surface area contributed by atoms with Crippen LogP contribution in [0.1, 0.15) is 37.3 Å². The predicted octanol–water partition coefficient (Wildman–Crippen LogP) is 3.20. The van der Waals surface area contributed by atoms with Crippen molar-refractivity contribution in [1.82, 2.24) is 19.2 Å².